The van der Waals surface area contributed by atoms with Crippen LogP contribution in [-0.4, -0.2) is 48.3 Å². The highest BCUT2D eigenvalue weighted by Crippen LogP contribution is 2.33. The molecule has 1 aromatic heterocycles. The number of pyridine rings is 1. The molecule has 4 rings (SSSR count). The molecule has 1 amide bonds. The van der Waals surface area contributed by atoms with Crippen LogP contribution in [0.2, 0.25) is 0 Å². The van der Waals surface area contributed by atoms with E-state index in [4.69, 9.17) is 4.74 Å². The number of amides is 1. The van der Waals surface area contributed by atoms with Crippen LogP contribution in [0.5, 0.6) is 5.75 Å². The average molecular weight is 442 g/mol. The average Bonchev–Trinajstić information content (AvgIpc) is 3.28. The molecule has 32 heavy (non-hydrogen) atoms. The zero-order chi connectivity index (χ0) is 22.7. The maximum absolute atomic E-state index is 13.1. The van der Waals surface area contributed by atoms with Crippen molar-refractivity contribution in [3.8, 4) is 16.9 Å². The van der Waals surface area contributed by atoms with Crippen molar-refractivity contribution in [1.29, 1.82) is 0 Å². The van der Waals surface area contributed by atoms with Crippen molar-refractivity contribution in [3.05, 3.63) is 70.2 Å². The number of morpholine rings is 1. The van der Waals surface area contributed by atoms with Gasteiger partial charge in [0.05, 0.1) is 13.2 Å². The Balaban J connectivity index is 1.83. The van der Waals surface area contributed by atoms with Gasteiger partial charge in [-0.05, 0) is 42.2 Å². The van der Waals surface area contributed by atoms with Gasteiger partial charge in [0, 0.05) is 42.5 Å². The molecule has 1 aliphatic heterocycles. The Bertz CT molecular complexity index is 1120. The van der Waals surface area contributed by atoms with Gasteiger partial charge in [0.25, 0.3) is 11.5 Å². The SMILES string of the molecule is C=CCCn1cc(-c2cc(OC(F)F)cc(C(=O)N3CCOCC3)c2)c2c(c1=O)CC=C2. The summed E-state index contributed by atoms with van der Waals surface area (Å²) in [5.74, 6) is -0.380. The molecular weight excluding hydrogens is 418 g/mol. The summed E-state index contributed by atoms with van der Waals surface area (Å²) in [6.07, 6.45) is 8.31. The molecule has 2 heterocycles. The van der Waals surface area contributed by atoms with Crippen molar-refractivity contribution in [1.82, 2.24) is 9.47 Å². The van der Waals surface area contributed by atoms with Gasteiger partial charge in [0.1, 0.15) is 5.75 Å². The summed E-state index contributed by atoms with van der Waals surface area (Å²) in [4.78, 5) is 27.5. The Morgan fingerprint density at radius 2 is 2.03 bits per heavy atom. The van der Waals surface area contributed by atoms with E-state index in [0.29, 0.717) is 62.4 Å². The van der Waals surface area contributed by atoms with Crippen molar-refractivity contribution >= 4 is 12.0 Å². The van der Waals surface area contributed by atoms with Gasteiger partial charge in [-0.1, -0.05) is 18.2 Å². The first-order chi connectivity index (χ1) is 15.5. The van der Waals surface area contributed by atoms with E-state index in [1.54, 1.807) is 27.8 Å². The maximum atomic E-state index is 13.1. The van der Waals surface area contributed by atoms with Crippen LogP contribution in [0.25, 0.3) is 17.2 Å². The second kappa shape index (κ2) is 9.48. The molecule has 2 aliphatic rings. The Hall–Kier alpha value is -3.26. The first-order valence-corrected chi connectivity index (χ1v) is 10.5. The minimum atomic E-state index is -3.02. The molecule has 8 heteroatoms. The van der Waals surface area contributed by atoms with Crippen molar-refractivity contribution in [2.24, 2.45) is 0 Å². The van der Waals surface area contributed by atoms with Gasteiger partial charge in [-0.25, -0.2) is 0 Å². The molecule has 6 nitrogen and oxygen atoms in total. The van der Waals surface area contributed by atoms with Crippen molar-refractivity contribution in [2.75, 3.05) is 26.3 Å². The molecular formula is C24H24F2N2O4. The van der Waals surface area contributed by atoms with Gasteiger partial charge in [0.15, 0.2) is 0 Å². The number of carbonyl (C=O) groups is 1. The number of allylic oxidation sites excluding steroid dienone is 2. The van der Waals surface area contributed by atoms with Crippen LogP contribution in [0.1, 0.15) is 27.9 Å². The third kappa shape index (κ3) is 4.50. The molecule has 0 radical (unpaired) electrons. The van der Waals surface area contributed by atoms with E-state index in [9.17, 15) is 18.4 Å². The number of fused-ring (bicyclic) bond motifs is 1. The lowest BCUT2D eigenvalue weighted by Gasteiger charge is -2.27. The molecule has 0 spiro atoms. The molecule has 1 aromatic carbocycles. The first-order valence-electron chi connectivity index (χ1n) is 10.5. The predicted molar refractivity (Wildman–Crippen MR) is 117 cm³/mol. The van der Waals surface area contributed by atoms with Gasteiger partial charge in [-0.2, -0.15) is 8.78 Å². The fourth-order valence-corrected chi connectivity index (χ4v) is 4.04. The van der Waals surface area contributed by atoms with Gasteiger partial charge < -0.3 is 18.9 Å². The van der Waals surface area contributed by atoms with E-state index in [1.807, 2.05) is 12.2 Å². The number of halogens is 2. The van der Waals surface area contributed by atoms with Crippen LogP contribution in [0, 0.1) is 0 Å². The number of hydrogen-bond donors (Lipinski definition) is 0. The summed E-state index contributed by atoms with van der Waals surface area (Å²) in [6, 6.07) is 4.48. The predicted octanol–water partition coefficient (Wildman–Crippen LogP) is 3.73. The molecule has 168 valence electrons. The molecule has 0 unspecified atom stereocenters. The van der Waals surface area contributed by atoms with Gasteiger partial charge in [0.2, 0.25) is 0 Å². The van der Waals surface area contributed by atoms with Crippen molar-refractivity contribution in [3.63, 3.8) is 0 Å². The lowest BCUT2D eigenvalue weighted by atomic mass is 9.97. The number of benzene rings is 1. The Kier molecular flexibility index (Phi) is 6.50. The van der Waals surface area contributed by atoms with E-state index in [0.717, 1.165) is 5.56 Å². The topological polar surface area (TPSA) is 60.8 Å². The summed E-state index contributed by atoms with van der Waals surface area (Å²) < 4.78 is 37.6. The van der Waals surface area contributed by atoms with Crippen LogP contribution in [0.15, 0.2) is 47.9 Å². The van der Waals surface area contributed by atoms with Crippen LogP contribution in [-0.2, 0) is 17.7 Å². The summed E-state index contributed by atoms with van der Waals surface area (Å²) in [5.41, 5.74) is 2.78. The lowest BCUT2D eigenvalue weighted by molar-refractivity contribution is -0.0498. The lowest BCUT2D eigenvalue weighted by Crippen LogP contribution is -2.40. The van der Waals surface area contributed by atoms with Crippen molar-refractivity contribution in [2.45, 2.75) is 26.0 Å². The van der Waals surface area contributed by atoms with Crippen LogP contribution in [0.3, 0.4) is 0 Å². The molecule has 0 N–H and O–H groups in total. The highest BCUT2D eigenvalue weighted by Gasteiger charge is 2.23. The molecule has 0 saturated carbocycles. The minimum absolute atomic E-state index is 0.0831. The van der Waals surface area contributed by atoms with E-state index >= 15 is 0 Å². The van der Waals surface area contributed by atoms with Crippen LogP contribution in [0.4, 0.5) is 8.78 Å². The highest BCUT2D eigenvalue weighted by molar-refractivity contribution is 5.96. The number of carbonyl (C=O) groups excluding carboxylic acids is 1. The Morgan fingerprint density at radius 3 is 2.75 bits per heavy atom. The quantitative estimate of drug-likeness (QED) is 0.613. The fourth-order valence-electron chi connectivity index (χ4n) is 4.04. The molecule has 0 bridgehead atoms. The smallest absolute Gasteiger partial charge is 0.387 e. The normalized spacial score (nSPS) is 15.2. The minimum Gasteiger partial charge on any atom is -0.435 e. The number of ether oxygens (including phenoxy) is 2. The highest BCUT2D eigenvalue weighted by atomic mass is 19.3. The van der Waals surface area contributed by atoms with Crippen LogP contribution >= 0.6 is 0 Å². The molecule has 1 aliphatic carbocycles. The third-order valence-corrected chi connectivity index (χ3v) is 5.59. The second-order valence-electron chi connectivity index (χ2n) is 7.65. The number of aryl methyl sites for hydroxylation is 1. The number of nitrogens with zero attached hydrogens (tertiary/aromatic N) is 2. The fraction of sp³-hybridized carbons (Fsp3) is 0.333. The summed E-state index contributed by atoms with van der Waals surface area (Å²) in [5, 5.41) is 0. The van der Waals surface area contributed by atoms with E-state index in [-0.39, 0.29) is 22.8 Å². The standard InChI is InChI=1S/C24H24F2N2O4/c1-2-3-7-28-15-21(19-5-4-6-20(19)23(28)30)16-12-17(14-18(13-16)32-24(25)26)22(29)27-8-10-31-11-9-27/h2,4-5,12-15,24H,1,3,6-11H2. The van der Waals surface area contributed by atoms with Crippen molar-refractivity contribution < 1.29 is 23.0 Å². The largest absolute Gasteiger partial charge is 0.435 e. The van der Waals surface area contributed by atoms with E-state index in [1.165, 1.54) is 12.1 Å². The van der Waals surface area contributed by atoms with E-state index in [2.05, 4.69) is 11.3 Å². The van der Waals surface area contributed by atoms with Crippen LogP contribution < -0.4 is 10.3 Å². The summed E-state index contributed by atoms with van der Waals surface area (Å²) in [7, 11) is 0. The van der Waals surface area contributed by atoms with Gasteiger partial charge in [-0.15, -0.1) is 6.58 Å². The second-order valence-corrected chi connectivity index (χ2v) is 7.65. The first kappa shape index (κ1) is 22.0. The summed E-state index contributed by atoms with van der Waals surface area (Å²) >= 11 is 0. The zero-order valence-corrected chi connectivity index (χ0v) is 17.6. The number of aromatic nitrogens is 1. The summed E-state index contributed by atoms with van der Waals surface area (Å²) in [6.45, 7) is 2.85. The Morgan fingerprint density at radius 1 is 1.25 bits per heavy atom. The Labute approximate surface area is 184 Å². The third-order valence-electron chi connectivity index (χ3n) is 5.59. The molecule has 1 fully saturated rings. The molecule has 2 aromatic rings. The maximum Gasteiger partial charge on any atom is 0.387 e. The zero-order valence-electron chi connectivity index (χ0n) is 17.6. The number of hydrogen-bond acceptors (Lipinski definition) is 4. The van der Waals surface area contributed by atoms with Gasteiger partial charge in [-0.3, -0.25) is 9.59 Å². The molecule has 0 atom stereocenters. The number of alkyl halides is 2. The monoisotopic (exact) mass is 442 g/mol. The molecule has 1 saturated heterocycles. The number of rotatable bonds is 7. The van der Waals surface area contributed by atoms with E-state index < -0.39 is 6.61 Å². The van der Waals surface area contributed by atoms with Gasteiger partial charge >= 0.3 is 6.61 Å².